The van der Waals surface area contributed by atoms with E-state index in [4.69, 9.17) is 14.2 Å². The van der Waals surface area contributed by atoms with Gasteiger partial charge >= 0.3 is 5.97 Å². The molecule has 1 spiro atoms. The Kier molecular flexibility index (Phi) is 6.47. The minimum Gasteiger partial charge on any atom is -0.457 e. The quantitative estimate of drug-likeness (QED) is 0.478. The number of carbonyl (C=O) groups excluding carboxylic acids is 1. The number of methoxy groups -OCH3 is 1. The number of likely N-dealkylation sites (tertiary alicyclic amines) is 1. The summed E-state index contributed by atoms with van der Waals surface area (Å²) < 4.78 is 18.5. The second-order valence-corrected chi connectivity index (χ2v) is 11.4. The molecule has 12 atom stereocenters. The van der Waals surface area contributed by atoms with Crippen LogP contribution >= 0.6 is 0 Å². The number of nitrogens with zero attached hydrogens (tertiary/aromatic N) is 1. The molecule has 5 aliphatic rings. The minimum atomic E-state index is -0.818. The van der Waals surface area contributed by atoms with E-state index in [1.165, 1.54) is 20.0 Å². The van der Waals surface area contributed by atoms with Crippen molar-refractivity contribution in [3.05, 3.63) is 23.8 Å². The van der Waals surface area contributed by atoms with Crippen LogP contribution in [0.15, 0.2) is 23.8 Å². The zero-order chi connectivity index (χ0) is 24.4. The highest BCUT2D eigenvalue weighted by Gasteiger charge is 2.68. The van der Waals surface area contributed by atoms with Gasteiger partial charge in [-0.25, -0.2) is 4.79 Å². The third-order valence-corrected chi connectivity index (χ3v) is 9.47. The first kappa shape index (κ1) is 24.4. The molecule has 1 saturated carbocycles. The van der Waals surface area contributed by atoms with E-state index in [0.717, 1.165) is 18.7 Å². The maximum Gasteiger partial charge on any atom is 0.335 e. The Morgan fingerprint density at radius 3 is 2.59 bits per heavy atom. The number of carbonyl (C=O) groups is 1. The Balaban J connectivity index is 1.62. The van der Waals surface area contributed by atoms with Crippen LogP contribution in [0.25, 0.3) is 0 Å². The van der Waals surface area contributed by atoms with Crippen molar-refractivity contribution >= 4 is 5.97 Å². The smallest absolute Gasteiger partial charge is 0.335 e. The van der Waals surface area contributed by atoms with E-state index >= 15 is 0 Å². The van der Waals surface area contributed by atoms with Gasteiger partial charge in [-0.2, -0.15) is 0 Å². The predicted octanol–water partition coefficient (Wildman–Crippen LogP) is 2.31. The Labute approximate surface area is 203 Å². The van der Waals surface area contributed by atoms with Crippen LogP contribution in [0.1, 0.15) is 47.0 Å². The van der Waals surface area contributed by atoms with E-state index in [-0.39, 0.29) is 41.7 Å². The Morgan fingerprint density at radius 1 is 1.24 bits per heavy atom. The molecule has 2 N–H and O–H groups in total. The fourth-order valence-electron chi connectivity index (χ4n) is 7.92. The molecule has 7 heteroatoms. The summed E-state index contributed by atoms with van der Waals surface area (Å²) in [5, 5.41) is 22.2. The monoisotopic (exact) mass is 475 g/mol. The molecule has 4 bridgehead atoms. The fourth-order valence-corrected chi connectivity index (χ4v) is 7.92. The predicted molar refractivity (Wildman–Crippen MR) is 127 cm³/mol. The van der Waals surface area contributed by atoms with Crippen molar-refractivity contribution in [1.29, 1.82) is 0 Å². The molecular weight excluding hydrogens is 434 g/mol. The van der Waals surface area contributed by atoms with E-state index in [2.05, 4.69) is 37.0 Å². The lowest BCUT2D eigenvalue weighted by Crippen LogP contribution is -2.59. The van der Waals surface area contributed by atoms with Crippen molar-refractivity contribution in [2.24, 2.45) is 29.6 Å². The normalized spacial score (nSPS) is 51.4. The number of esters is 1. The molecule has 3 aliphatic heterocycles. The van der Waals surface area contributed by atoms with Gasteiger partial charge in [0.2, 0.25) is 0 Å². The summed E-state index contributed by atoms with van der Waals surface area (Å²) in [6.45, 7) is 9.99. The number of hydrogen-bond acceptors (Lipinski definition) is 7. The summed E-state index contributed by atoms with van der Waals surface area (Å²) >= 11 is 0. The summed E-state index contributed by atoms with van der Waals surface area (Å²) in [7, 11) is 1.53. The third-order valence-electron chi connectivity index (χ3n) is 9.47. The van der Waals surface area contributed by atoms with Crippen molar-refractivity contribution in [3.8, 4) is 0 Å². The molecule has 190 valence electrons. The fraction of sp³-hybridized carbons (Fsp3) is 0.815. The molecule has 3 heterocycles. The third kappa shape index (κ3) is 3.53. The van der Waals surface area contributed by atoms with Crippen molar-refractivity contribution in [2.75, 3.05) is 20.2 Å². The van der Waals surface area contributed by atoms with Gasteiger partial charge in [-0.15, -0.1) is 0 Å². The number of aliphatic hydroxyl groups is 2. The Morgan fingerprint density at radius 2 is 1.94 bits per heavy atom. The number of ether oxygens (including phenoxy) is 3. The number of hydrogen-bond donors (Lipinski definition) is 2. The topological polar surface area (TPSA) is 88.5 Å². The van der Waals surface area contributed by atoms with E-state index < -0.39 is 36.0 Å². The molecule has 0 aromatic carbocycles. The van der Waals surface area contributed by atoms with Gasteiger partial charge in [0, 0.05) is 42.7 Å². The van der Waals surface area contributed by atoms with Crippen LogP contribution in [0.4, 0.5) is 0 Å². The molecule has 3 fully saturated rings. The molecule has 0 aromatic heterocycles. The summed E-state index contributed by atoms with van der Waals surface area (Å²) in [6, 6.07) is 0.176. The first-order valence-electron chi connectivity index (χ1n) is 13.1. The summed E-state index contributed by atoms with van der Waals surface area (Å²) in [5.41, 5.74) is 0.344. The van der Waals surface area contributed by atoms with Gasteiger partial charge in [0.25, 0.3) is 0 Å². The van der Waals surface area contributed by atoms with Crippen molar-refractivity contribution < 1.29 is 29.2 Å². The van der Waals surface area contributed by atoms with Crippen LogP contribution in [0.5, 0.6) is 0 Å². The maximum atomic E-state index is 13.1. The van der Waals surface area contributed by atoms with E-state index in [1.807, 2.05) is 6.92 Å². The van der Waals surface area contributed by atoms with E-state index in [1.54, 1.807) is 6.92 Å². The minimum absolute atomic E-state index is 0.00450. The standard InChI is InChI=1S/C27H41NO6/c1-14-12-15(2)27-18(13-20(32-5)26(31)33-24(14)17(4)29)8-9-19-21(27)23(30)16(3)22(25(19)34-27)28-10-6-7-11-28/h8-9,12,14,16-25,29-30H,6-7,10-11,13H2,1-5H3/b15-12-/t14-,16+,17-,18-,19-,20+,21+,22+,23-,24+,25+,27+/m1/s1. The van der Waals surface area contributed by atoms with Gasteiger partial charge in [0.05, 0.1) is 18.3 Å². The second-order valence-electron chi connectivity index (χ2n) is 11.4. The lowest BCUT2D eigenvalue weighted by molar-refractivity contribution is -0.172. The lowest BCUT2D eigenvalue weighted by Gasteiger charge is -2.50. The average molecular weight is 476 g/mol. The van der Waals surface area contributed by atoms with E-state index in [9.17, 15) is 15.0 Å². The zero-order valence-electron chi connectivity index (χ0n) is 21.1. The van der Waals surface area contributed by atoms with Crippen LogP contribution in [-0.2, 0) is 19.0 Å². The Hall–Kier alpha value is -1.25. The molecule has 2 aliphatic carbocycles. The van der Waals surface area contributed by atoms with Crippen molar-refractivity contribution in [1.82, 2.24) is 4.90 Å². The van der Waals surface area contributed by atoms with Crippen molar-refractivity contribution in [2.45, 2.75) is 89.1 Å². The van der Waals surface area contributed by atoms with Crippen LogP contribution in [-0.4, -0.2) is 83.4 Å². The van der Waals surface area contributed by atoms with Gasteiger partial charge < -0.3 is 24.4 Å². The molecule has 34 heavy (non-hydrogen) atoms. The van der Waals surface area contributed by atoms with Crippen LogP contribution in [0.2, 0.25) is 0 Å². The van der Waals surface area contributed by atoms with Crippen LogP contribution in [0, 0.1) is 29.6 Å². The molecule has 5 rings (SSSR count). The summed E-state index contributed by atoms with van der Waals surface area (Å²) in [6.07, 6.45) is 6.56. The molecule has 7 nitrogen and oxygen atoms in total. The number of cyclic esters (lactones) is 1. The highest BCUT2D eigenvalue weighted by atomic mass is 16.6. The van der Waals surface area contributed by atoms with Crippen LogP contribution < -0.4 is 0 Å². The number of rotatable bonds is 3. The van der Waals surface area contributed by atoms with Gasteiger partial charge in [0.1, 0.15) is 11.7 Å². The first-order valence-corrected chi connectivity index (χ1v) is 13.1. The molecule has 2 saturated heterocycles. The summed E-state index contributed by atoms with van der Waals surface area (Å²) in [4.78, 5) is 15.6. The largest absolute Gasteiger partial charge is 0.457 e. The van der Waals surface area contributed by atoms with Gasteiger partial charge in [-0.3, -0.25) is 4.90 Å². The molecule has 0 amide bonds. The molecule has 0 aromatic rings. The van der Waals surface area contributed by atoms with Crippen molar-refractivity contribution in [3.63, 3.8) is 0 Å². The van der Waals surface area contributed by atoms with Gasteiger partial charge in [-0.1, -0.05) is 32.1 Å². The van der Waals surface area contributed by atoms with Crippen LogP contribution in [0.3, 0.4) is 0 Å². The highest BCUT2D eigenvalue weighted by molar-refractivity contribution is 5.75. The molecule has 0 unspecified atom stereocenters. The maximum absolute atomic E-state index is 13.1. The highest BCUT2D eigenvalue weighted by Crippen LogP contribution is 2.61. The summed E-state index contributed by atoms with van der Waals surface area (Å²) in [5.74, 6) is -0.638. The molecule has 0 radical (unpaired) electrons. The van der Waals surface area contributed by atoms with E-state index in [0.29, 0.717) is 6.42 Å². The average Bonchev–Trinajstić information content (AvgIpc) is 3.38. The van der Waals surface area contributed by atoms with Gasteiger partial charge in [-0.05, 0) is 51.8 Å². The molecular formula is C27H41NO6. The SMILES string of the molecule is CO[C@H]1C[C@H]2C=C[C@H]3[C@@H]4O[C@]2(/C(C)=C\[C@@H](C)[C@@H]([C@@H](C)O)OC1=O)[C@@H]3[C@H](O)[C@@H](C)[C@@H]4N1CCCC1. The lowest BCUT2D eigenvalue weighted by atomic mass is 9.57. The Bertz CT molecular complexity index is 850. The second kappa shape index (κ2) is 9.00. The number of aliphatic hydroxyl groups excluding tert-OH is 2. The first-order chi connectivity index (χ1) is 16.2. The van der Waals surface area contributed by atoms with Gasteiger partial charge in [0.15, 0.2) is 6.10 Å². The zero-order valence-corrected chi connectivity index (χ0v) is 21.1.